The first-order valence-electron chi connectivity index (χ1n) is 6.72. The maximum atomic E-state index is 9.20. The van der Waals surface area contributed by atoms with Crippen molar-refractivity contribution in [1.29, 1.82) is 10.5 Å². The van der Waals surface area contributed by atoms with Gasteiger partial charge in [-0.1, -0.05) is 33.1 Å². The molecule has 0 N–H and O–H groups in total. The first-order chi connectivity index (χ1) is 8.45. The van der Waals surface area contributed by atoms with Crippen molar-refractivity contribution in [2.45, 2.75) is 77.3 Å². The molecule has 18 heavy (non-hydrogen) atoms. The number of hydrogen-bond acceptors (Lipinski definition) is 4. The maximum absolute atomic E-state index is 9.20. The van der Waals surface area contributed by atoms with Crippen molar-refractivity contribution < 1.29 is 0 Å². The van der Waals surface area contributed by atoms with Crippen molar-refractivity contribution >= 4 is 0 Å². The van der Waals surface area contributed by atoms with E-state index in [1.54, 1.807) is 13.8 Å². The number of nitriles is 2. The summed E-state index contributed by atoms with van der Waals surface area (Å²) in [4.78, 5) is 0. The van der Waals surface area contributed by atoms with Crippen molar-refractivity contribution in [1.82, 2.24) is 0 Å². The van der Waals surface area contributed by atoms with Crippen LogP contribution in [0.25, 0.3) is 0 Å². The topological polar surface area (TPSA) is 72.3 Å². The lowest BCUT2D eigenvalue weighted by Gasteiger charge is -2.18. The Morgan fingerprint density at radius 2 is 1.44 bits per heavy atom. The molecule has 0 amide bonds. The second kappa shape index (κ2) is 7.82. The van der Waals surface area contributed by atoms with E-state index < -0.39 is 11.1 Å². The lowest BCUT2D eigenvalue weighted by molar-refractivity contribution is 0.443. The van der Waals surface area contributed by atoms with Gasteiger partial charge in [-0.25, -0.2) is 0 Å². The van der Waals surface area contributed by atoms with Gasteiger partial charge < -0.3 is 0 Å². The zero-order chi connectivity index (χ0) is 14.1. The molecule has 0 saturated carbocycles. The summed E-state index contributed by atoms with van der Waals surface area (Å²) in [6.07, 6.45) is 5.76. The molecule has 0 heterocycles. The smallest absolute Gasteiger partial charge is 0.164 e. The van der Waals surface area contributed by atoms with Crippen LogP contribution in [0.5, 0.6) is 0 Å². The van der Waals surface area contributed by atoms with Gasteiger partial charge in [-0.15, -0.1) is 0 Å². The van der Waals surface area contributed by atoms with Crippen LogP contribution in [0.1, 0.15) is 66.2 Å². The molecule has 0 fully saturated rings. The Balaban J connectivity index is 4.54. The number of hydrogen-bond donors (Lipinski definition) is 0. The molecular formula is C14H24N4. The summed E-state index contributed by atoms with van der Waals surface area (Å²) in [6, 6.07) is 4.34. The van der Waals surface area contributed by atoms with Crippen LogP contribution in [0.3, 0.4) is 0 Å². The molecule has 0 saturated heterocycles. The van der Waals surface area contributed by atoms with Crippen molar-refractivity contribution in [3.63, 3.8) is 0 Å². The third-order valence-corrected chi connectivity index (χ3v) is 3.18. The van der Waals surface area contributed by atoms with E-state index in [0.717, 1.165) is 12.8 Å². The van der Waals surface area contributed by atoms with Gasteiger partial charge in [0.1, 0.15) is 0 Å². The summed E-state index contributed by atoms with van der Waals surface area (Å²) in [7, 11) is 0. The molecule has 0 aromatic rings. The summed E-state index contributed by atoms with van der Waals surface area (Å²) in [6.45, 7) is 7.58. The van der Waals surface area contributed by atoms with Gasteiger partial charge in [-0.05, 0) is 33.1 Å². The highest BCUT2D eigenvalue weighted by atomic mass is 15.2. The predicted molar refractivity (Wildman–Crippen MR) is 71.9 cm³/mol. The van der Waals surface area contributed by atoms with Crippen molar-refractivity contribution in [3.8, 4) is 12.1 Å². The Hall–Kier alpha value is -1.42. The van der Waals surface area contributed by atoms with Crippen molar-refractivity contribution in [2.24, 2.45) is 10.2 Å². The van der Waals surface area contributed by atoms with E-state index in [4.69, 9.17) is 5.26 Å². The SMILES string of the molecule is CCCCCCC(C)(C#N)N=NC(C)(C#N)CC. The average molecular weight is 248 g/mol. The Morgan fingerprint density at radius 3 is 1.89 bits per heavy atom. The molecule has 0 aliphatic rings. The van der Waals surface area contributed by atoms with Crippen molar-refractivity contribution in [2.75, 3.05) is 0 Å². The molecule has 0 bridgehead atoms. The lowest BCUT2D eigenvalue weighted by Crippen LogP contribution is -2.23. The van der Waals surface area contributed by atoms with Crippen LogP contribution >= 0.6 is 0 Å². The predicted octanol–water partition coefficient (Wildman–Crippen LogP) is 4.38. The zero-order valence-corrected chi connectivity index (χ0v) is 12.0. The van der Waals surface area contributed by atoms with Gasteiger partial charge in [0, 0.05) is 0 Å². The van der Waals surface area contributed by atoms with Gasteiger partial charge in [0.2, 0.25) is 0 Å². The number of unbranched alkanes of at least 4 members (excludes halogenated alkanes) is 3. The van der Waals surface area contributed by atoms with Gasteiger partial charge in [0.25, 0.3) is 0 Å². The van der Waals surface area contributed by atoms with Crippen LogP contribution in [-0.4, -0.2) is 11.1 Å². The highest BCUT2D eigenvalue weighted by Gasteiger charge is 2.26. The third kappa shape index (κ3) is 5.77. The Bertz CT molecular complexity index is 350. The molecule has 0 aliphatic carbocycles. The second-order valence-electron chi connectivity index (χ2n) is 5.14. The molecule has 2 atom stereocenters. The third-order valence-electron chi connectivity index (χ3n) is 3.18. The van der Waals surface area contributed by atoms with E-state index in [9.17, 15) is 5.26 Å². The number of azo groups is 1. The quantitative estimate of drug-likeness (QED) is 0.472. The first-order valence-corrected chi connectivity index (χ1v) is 6.72. The minimum absolute atomic E-state index is 0.602. The van der Waals surface area contributed by atoms with Crippen LogP contribution in [0, 0.1) is 22.7 Å². The number of nitrogens with zero attached hydrogens (tertiary/aromatic N) is 4. The normalized spacial score (nSPS) is 17.7. The highest BCUT2D eigenvalue weighted by molar-refractivity contribution is 5.06. The van der Waals surface area contributed by atoms with Gasteiger partial charge in [-0.3, -0.25) is 0 Å². The number of rotatable bonds is 8. The Kier molecular flexibility index (Phi) is 7.20. The Labute approximate surface area is 111 Å². The minimum Gasteiger partial charge on any atom is -0.196 e. The molecule has 0 aromatic heterocycles. The lowest BCUT2D eigenvalue weighted by atomic mass is 9.96. The van der Waals surface area contributed by atoms with Crippen LogP contribution in [0.4, 0.5) is 0 Å². The van der Waals surface area contributed by atoms with E-state index in [0.29, 0.717) is 12.8 Å². The summed E-state index contributed by atoms with van der Waals surface area (Å²) in [5.41, 5.74) is -1.59. The van der Waals surface area contributed by atoms with Gasteiger partial charge >= 0.3 is 0 Å². The molecule has 0 rings (SSSR count). The fourth-order valence-corrected chi connectivity index (χ4v) is 1.42. The molecule has 2 unspecified atom stereocenters. The fourth-order valence-electron chi connectivity index (χ4n) is 1.42. The van der Waals surface area contributed by atoms with Crippen LogP contribution in [-0.2, 0) is 0 Å². The maximum Gasteiger partial charge on any atom is 0.164 e. The second-order valence-corrected chi connectivity index (χ2v) is 5.14. The summed E-state index contributed by atoms with van der Waals surface area (Å²) < 4.78 is 0. The van der Waals surface area contributed by atoms with Crippen LogP contribution in [0.15, 0.2) is 10.2 Å². The zero-order valence-electron chi connectivity index (χ0n) is 12.0. The van der Waals surface area contributed by atoms with Crippen LogP contribution < -0.4 is 0 Å². The molecule has 4 nitrogen and oxygen atoms in total. The Morgan fingerprint density at radius 1 is 0.889 bits per heavy atom. The molecule has 100 valence electrons. The fraction of sp³-hybridized carbons (Fsp3) is 0.857. The van der Waals surface area contributed by atoms with E-state index >= 15 is 0 Å². The van der Waals surface area contributed by atoms with Crippen LogP contribution in [0.2, 0.25) is 0 Å². The average Bonchev–Trinajstić information content (AvgIpc) is 2.41. The van der Waals surface area contributed by atoms with Gasteiger partial charge in [-0.2, -0.15) is 20.8 Å². The van der Waals surface area contributed by atoms with E-state index in [-0.39, 0.29) is 0 Å². The van der Waals surface area contributed by atoms with Gasteiger partial charge in [0.05, 0.1) is 12.1 Å². The van der Waals surface area contributed by atoms with E-state index in [1.165, 1.54) is 12.8 Å². The summed E-state index contributed by atoms with van der Waals surface area (Å²) in [5, 5.41) is 26.4. The summed E-state index contributed by atoms with van der Waals surface area (Å²) >= 11 is 0. The van der Waals surface area contributed by atoms with E-state index in [2.05, 4.69) is 29.3 Å². The summed E-state index contributed by atoms with van der Waals surface area (Å²) in [5.74, 6) is 0. The van der Waals surface area contributed by atoms with E-state index in [1.807, 2.05) is 6.92 Å². The molecule has 0 radical (unpaired) electrons. The van der Waals surface area contributed by atoms with Gasteiger partial charge in [0.15, 0.2) is 11.1 Å². The molecule has 0 aliphatic heterocycles. The van der Waals surface area contributed by atoms with Crippen molar-refractivity contribution in [3.05, 3.63) is 0 Å². The largest absolute Gasteiger partial charge is 0.196 e. The minimum atomic E-state index is -0.804. The standard InChI is InChI=1S/C14H24N4/c1-5-7-8-9-10-14(4,12-16)18-17-13(3,6-2)11-15/h5-10H2,1-4H3. The molecular weight excluding hydrogens is 224 g/mol. The highest BCUT2D eigenvalue weighted by Crippen LogP contribution is 2.23. The molecule has 0 aromatic carbocycles. The first kappa shape index (κ1) is 16.6. The molecule has 0 spiro atoms. The monoisotopic (exact) mass is 248 g/mol. The molecule has 4 heteroatoms.